The largest absolute Gasteiger partial charge is 0.480 e. The standard InChI is InChI=1S/C17H18N2O5/c1-10(17(23)24)18-9-5-4-8-13(16(18)22)19-14(20)11-6-2-3-7-12(11)15(19)21/h2-3,6-7,10,13H,4-5,8-9H2,1H3,(H,23,24)/t10-,13-/m0/s1. The predicted octanol–water partition coefficient (Wildman–Crippen LogP) is 1.14. The molecule has 0 spiro atoms. The minimum absolute atomic E-state index is 0.289. The molecule has 1 aromatic carbocycles. The molecule has 3 rings (SSSR count). The fourth-order valence-electron chi connectivity index (χ4n) is 3.29. The molecule has 0 radical (unpaired) electrons. The van der Waals surface area contributed by atoms with E-state index in [-0.39, 0.29) is 11.1 Å². The van der Waals surface area contributed by atoms with Gasteiger partial charge in [0, 0.05) is 6.54 Å². The minimum Gasteiger partial charge on any atom is -0.480 e. The summed E-state index contributed by atoms with van der Waals surface area (Å²) >= 11 is 0. The number of carbonyl (C=O) groups excluding carboxylic acids is 3. The molecule has 3 amide bonds. The van der Waals surface area contributed by atoms with E-state index in [1.165, 1.54) is 11.8 Å². The number of hydrogen-bond acceptors (Lipinski definition) is 4. The summed E-state index contributed by atoms with van der Waals surface area (Å²) < 4.78 is 0. The summed E-state index contributed by atoms with van der Waals surface area (Å²) in [6.45, 7) is 1.75. The van der Waals surface area contributed by atoms with Gasteiger partial charge in [0.25, 0.3) is 11.8 Å². The molecule has 7 nitrogen and oxygen atoms in total. The fraction of sp³-hybridized carbons (Fsp3) is 0.412. The van der Waals surface area contributed by atoms with E-state index in [1.807, 2.05) is 0 Å². The van der Waals surface area contributed by atoms with Crippen LogP contribution in [0.1, 0.15) is 46.9 Å². The van der Waals surface area contributed by atoms with Crippen LogP contribution in [0.3, 0.4) is 0 Å². The van der Waals surface area contributed by atoms with E-state index in [0.717, 1.165) is 4.90 Å². The van der Waals surface area contributed by atoms with Gasteiger partial charge >= 0.3 is 5.97 Å². The van der Waals surface area contributed by atoms with Gasteiger partial charge in [0.1, 0.15) is 12.1 Å². The maximum atomic E-state index is 12.8. The van der Waals surface area contributed by atoms with Gasteiger partial charge in [-0.2, -0.15) is 0 Å². The van der Waals surface area contributed by atoms with Crippen molar-refractivity contribution < 1.29 is 24.3 Å². The number of fused-ring (bicyclic) bond motifs is 1. The van der Waals surface area contributed by atoms with Gasteiger partial charge in [0.2, 0.25) is 5.91 Å². The predicted molar refractivity (Wildman–Crippen MR) is 83.4 cm³/mol. The van der Waals surface area contributed by atoms with Crippen molar-refractivity contribution in [1.29, 1.82) is 0 Å². The van der Waals surface area contributed by atoms with Crippen LogP contribution in [0.2, 0.25) is 0 Å². The van der Waals surface area contributed by atoms with Crippen LogP contribution in [-0.4, -0.2) is 57.2 Å². The zero-order valence-corrected chi connectivity index (χ0v) is 13.3. The van der Waals surface area contributed by atoms with Crippen molar-refractivity contribution in [3.8, 4) is 0 Å². The molecule has 2 atom stereocenters. The maximum absolute atomic E-state index is 12.8. The van der Waals surface area contributed by atoms with Crippen molar-refractivity contribution in [2.24, 2.45) is 0 Å². The molecule has 0 unspecified atom stereocenters. The Morgan fingerprint density at radius 1 is 1.12 bits per heavy atom. The number of carboxylic acid groups (broad SMARTS) is 1. The highest BCUT2D eigenvalue weighted by atomic mass is 16.4. The molecule has 1 saturated heterocycles. The summed E-state index contributed by atoms with van der Waals surface area (Å²) in [5.41, 5.74) is 0.578. The van der Waals surface area contributed by atoms with Crippen molar-refractivity contribution in [3.05, 3.63) is 35.4 Å². The average Bonchev–Trinajstić information content (AvgIpc) is 2.71. The molecule has 1 N–H and O–H groups in total. The van der Waals surface area contributed by atoms with Gasteiger partial charge in [0.05, 0.1) is 11.1 Å². The van der Waals surface area contributed by atoms with Crippen LogP contribution >= 0.6 is 0 Å². The lowest BCUT2D eigenvalue weighted by molar-refractivity contribution is -0.150. The molecule has 0 bridgehead atoms. The summed E-state index contributed by atoms with van der Waals surface area (Å²) in [7, 11) is 0. The quantitative estimate of drug-likeness (QED) is 0.839. The zero-order valence-electron chi connectivity index (χ0n) is 13.3. The second-order valence-corrected chi connectivity index (χ2v) is 6.08. The number of amides is 3. The van der Waals surface area contributed by atoms with Gasteiger partial charge in [-0.05, 0) is 38.3 Å². The normalized spacial score (nSPS) is 22.4. The highest BCUT2D eigenvalue weighted by molar-refractivity contribution is 6.22. The van der Waals surface area contributed by atoms with E-state index >= 15 is 0 Å². The smallest absolute Gasteiger partial charge is 0.326 e. The van der Waals surface area contributed by atoms with E-state index in [9.17, 15) is 24.3 Å². The zero-order chi connectivity index (χ0) is 17.4. The maximum Gasteiger partial charge on any atom is 0.326 e. The van der Waals surface area contributed by atoms with Gasteiger partial charge in [-0.15, -0.1) is 0 Å². The molecule has 2 aliphatic heterocycles. The summed E-state index contributed by atoms with van der Waals surface area (Å²) in [4.78, 5) is 51.5. The van der Waals surface area contributed by atoms with Crippen LogP contribution in [0.25, 0.3) is 0 Å². The van der Waals surface area contributed by atoms with Gasteiger partial charge in [-0.3, -0.25) is 19.3 Å². The number of likely N-dealkylation sites (tertiary alicyclic amines) is 1. The molecule has 0 aliphatic carbocycles. The van der Waals surface area contributed by atoms with E-state index in [0.29, 0.717) is 25.8 Å². The Balaban J connectivity index is 1.94. The third kappa shape index (κ3) is 2.46. The monoisotopic (exact) mass is 330 g/mol. The number of hydrogen-bond donors (Lipinski definition) is 1. The molecule has 1 fully saturated rings. The molecular formula is C17H18N2O5. The third-order valence-electron chi connectivity index (χ3n) is 4.66. The van der Waals surface area contributed by atoms with Gasteiger partial charge in [-0.1, -0.05) is 12.1 Å². The van der Waals surface area contributed by atoms with Crippen molar-refractivity contribution in [1.82, 2.24) is 9.80 Å². The summed E-state index contributed by atoms with van der Waals surface area (Å²) in [6, 6.07) is 4.53. The van der Waals surface area contributed by atoms with Crippen LogP contribution < -0.4 is 0 Å². The highest BCUT2D eigenvalue weighted by Crippen LogP contribution is 2.28. The number of aliphatic carboxylic acids is 1. The van der Waals surface area contributed by atoms with Crippen LogP contribution in [0.5, 0.6) is 0 Å². The first-order chi connectivity index (χ1) is 11.4. The number of imide groups is 1. The molecule has 0 saturated carbocycles. The summed E-state index contributed by atoms with van der Waals surface area (Å²) in [6.07, 6.45) is 1.64. The topological polar surface area (TPSA) is 95.0 Å². The van der Waals surface area contributed by atoms with Gasteiger partial charge in [-0.25, -0.2) is 4.79 Å². The molecule has 24 heavy (non-hydrogen) atoms. The summed E-state index contributed by atoms with van der Waals surface area (Å²) in [5.74, 6) is -2.55. The Morgan fingerprint density at radius 3 is 2.25 bits per heavy atom. The van der Waals surface area contributed by atoms with Crippen molar-refractivity contribution in [2.75, 3.05) is 6.54 Å². The first-order valence-corrected chi connectivity index (χ1v) is 7.93. The molecule has 7 heteroatoms. The molecule has 2 heterocycles. The fourth-order valence-corrected chi connectivity index (χ4v) is 3.29. The van der Waals surface area contributed by atoms with Crippen molar-refractivity contribution in [3.63, 3.8) is 0 Å². The van der Waals surface area contributed by atoms with E-state index in [4.69, 9.17) is 0 Å². The molecule has 1 aromatic rings. The molecule has 2 aliphatic rings. The lowest BCUT2D eigenvalue weighted by Gasteiger charge is -2.31. The number of rotatable bonds is 3. The second-order valence-electron chi connectivity index (χ2n) is 6.08. The first kappa shape index (κ1) is 16.2. The van der Waals surface area contributed by atoms with Crippen LogP contribution in [0.4, 0.5) is 0 Å². The number of carbonyl (C=O) groups is 4. The van der Waals surface area contributed by atoms with Crippen LogP contribution in [0.15, 0.2) is 24.3 Å². The second kappa shape index (κ2) is 6.07. The molecular weight excluding hydrogens is 312 g/mol. The molecule has 126 valence electrons. The van der Waals surface area contributed by atoms with E-state index in [2.05, 4.69) is 0 Å². The number of benzene rings is 1. The van der Waals surface area contributed by atoms with Crippen molar-refractivity contribution >= 4 is 23.7 Å². The minimum atomic E-state index is -1.11. The van der Waals surface area contributed by atoms with Gasteiger partial charge in [0.15, 0.2) is 0 Å². The van der Waals surface area contributed by atoms with E-state index < -0.39 is 35.8 Å². The van der Waals surface area contributed by atoms with Gasteiger partial charge < -0.3 is 10.0 Å². The Bertz CT molecular complexity index is 694. The lowest BCUT2D eigenvalue weighted by Crippen LogP contribution is -2.53. The van der Waals surface area contributed by atoms with Crippen molar-refractivity contribution in [2.45, 2.75) is 38.3 Å². The Labute approximate surface area is 138 Å². The Kier molecular flexibility index (Phi) is 4.09. The number of carboxylic acids is 1. The number of nitrogens with zero attached hydrogens (tertiary/aromatic N) is 2. The summed E-state index contributed by atoms with van der Waals surface area (Å²) in [5, 5.41) is 9.20. The lowest BCUT2D eigenvalue weighted by atomic mass is 10.1. The van der Waals surface area contributed by atoms with E-state index in [1.54, 1.807) is 24.3 Å². The average molecular weight is 330 g/mol. The first-order valence-electron chi connectivity index (χ1n) is 7.93. The van der Waals surface area contributed by atoms with Crippen LogP contribution in [-0.2, 0) is 9.59 Å². The Hall–Kier alpha value is -2.70. The highest BCUT2D eigenvalue weighted by Gasteiger charge is 2.45. The van der Waals surface area contributed by atoms with Crippen LogP contribution in [0, 0.1) is 0 Å². The third-order valence-corrected chi connectivity index (χ3v) is 4.66. The SMILES string of the molecule is C[C@@H](C(=O)O)N1CCCC[C@H](N2C(=O)c3ccccc3C2=O)C1=O. The molecule has 0 aromatic heterocycles. The Morgan fingerprint density at radius 2 is 1.71 bits per heavy atom.